The number of hydrogen-bond donors (Lipinski definition) is 3. The second-order valence-electron chi connectivity index (χ2n) is 21.8. The summed E-state index contributed by atoms with van der Waals surface area (Å²) in [6.07, 6.45) is -23.2. The Bertz CT molecular complexity index is 3070. The maximum absolute atomic E-state index is 14.5. The minimum absolute atomic E-state index is 0.0354. The second-order valence-corrected chi connectivity index (χ2v) is 26.1. The van der Waals surface area contributed by atoms with Crippen molar-refractivity contribution >= 4 is 42.6 Å². The topological polar surface area (TPSA) is 249 Å². The highest BCUT2D eigenvalue weighted by molar-refractivity contribution is 6.99. The van der Waals surface area contributed by atoms with Gasteiger partial charge >= 0.3 is 23.9 Å². The zero-order valence-electron chi connectivity index (χ0n) is 48.4. The normalized spacial score (nSPS) is 27.7. The molecule has 0 aromatic heterocycles. The summed E-state index contributed by atoms with van der Waals surface area (Å²) in [6, 6.07) is 51.1. The second kappa shape index (κ2) is 29.1. The molecule has 0 radical (unpaired) electrons. The summed E-state index contributed by atoms with van der Waals surface area (Å²) in [5, 5.41) is 37.9. The summed E-state index contributed by atoms with van der Waals surface area (Å²) in [6.45, 7) is 4.76. The van der Waals surface area contributed by atoms with Crippen LogP contribution in [0.5, 0.6) is 0 Å². The van der Waals surface area contributed by atoms with E-state index in [0.717, 1.165) is 10.4 Å². The molecule has 456 valence electrons. The highest BCUT2D eigenvalue weighted by Gasteiger charge is 2.58. The monoisotopic (exact) mass is 1200 g/mol. The lowest BCUT2D eigenvalue weighted by atomic mass is 9.96. The summed E-state index contributed by atoms with van der Waals surface area (Å²) in [7, 11) is 0.815. The van der Waals surface area contributed by atoms with E-state index in [9.17, 15) is 34.5 Å². The van der Waals surface area contributed by atoms with Gasteiger partial charge in [-0.1, -0.05) is 154 Å². The fourth-order valence-corrected chi connectivity index (χ4v) is 15.7. The smallest absolute Gasteiger partial charge is 0.338 e. The molecule has 3 heterocycles. The molecule has 0 aliphatic carbocycles. The molecule has 86 heavy (non-hydrogen) atoms. The van der Waals surface area contributed by atoms with E-state index in [1.54, 1.807) is 72.8 Å². The molecule has 0 amide bonds. The SMILES string of the molecule is CO[C@@H]1[C@@H](OC)[C@@H](O)O[C@H](CO[C@H]2O[C@H](CO[Si](c3ccccc3)(c3ccccc3)C(C)(C)C)[C@@H](O)[C@H](O[C@H]3O[C@H](COC(=O)c4ccccc4)[C@@H](OC(=O)c4ccccc4)[C@H](OC(=O)c4ccccc4)[C@@H]3OC(=O)c3ccccc3)[C@@H]2O)[C@H]1OC. The minimum Gasteiger partial charge on any atom is -0.459 e. The Kier molecular flexibility index (Phi) is 21.5. The number of carbonyl (C=O) groups excluding carboxylic acids is 4. The maximum atomic E-state index is 14.5. The quantitative estimate of drug-likeness (QED) is 0.0435. The van der Waals surface area contributed by atoms with Crippen molar-refractivity contribution in [3.8, 4) is 0 Å². The van der Waals surface area contributed by atoms with Crippen molar-refractivity contribution in [2.45, 2.75) is 118 Å². The molecule has 20 nitrogen and oxygen atoms in total. The summed E-state index contributed by atoms with van der Waals surface area (Å²) in [5.74, 6) is -3.68. The maximum Gasteiger partial charge on any atom is 0.338 e. The number of rotatable bonds is 22. The predicted octanol–water partition coefficient (Wildman–Crippen LogP) is 5.43. The molecule has 21 heteroatoms. The highest BCUT2D eigenvalue weighted by atomic mass is 28.4. The van der Waals surface area contributed by atoms with Gasteiger partial charge in [0.1, 0.15) is 61.5 Å². The van der Waals surface area contributed by atoms with E-state index >= 15 is 0 Å². The Labute approximate surface area is 499 Å². The van der Waals surface area contributed by atoms with Gasteiger partial charge in [0.05, 0.1) is 35.5 Å². The van der Waals surface area contributed by atoms with Crippen LogP contribution in [0.15, 0.2) is 182 Å². The van der Waals surface area contributed by atoms with E-state index in [1.165, 1.54) is 69.9 Å². The summed E-state index contributed by atoms with van der Waals surface area (Å²) >= 11 is 0. The first-order valence-electron chi connectivity index (χ1n) is 28.2. The number of methoxy groups -OCH3 is 3. The first kappa shape index (κ1) is 63.4. The van der Waals surface area contributed by atoms with Crippen LogP contribution in [0, 0.1) is 0 Å². The number of benzene rings is 6. The van der Waals surface area contributed by atoms with Crippen LogP contribution in [-0.2, 0) is 61.3 Å². The van der Waals surface area contributed by atoms with E-state index in [2.05, 4.69) is 20.8 Å². The third kappa shape index (κ3) is 14.3. The zero-order chi connectivity index (χ0) is 61.0. The average molecular weight is 1200 g/mol. The van der Waals surface area contributed by atoms with Crippen LogP contribution < -0.4 is 10.4 Å². The Morgan fingerprint density at radius 1 is 0.419 bits per heavy atom. The van der Waals surface area contributed by atoms with Crippen molar-refractivity contribution in [2.24, 2.45) is 0 Å². The van der Waals surface area contributed by atoms with Crippen molar-refractivity contribution < 1.29 is 95.8 Å². The Balaban J connectivity index is 1.14. The standard InChI is InChI=1S/C65H72O20Si/c1-65(2,3)86(44-33-21-11-22-34-44,45-35-23-12-24-36-45)78-39-46-49(66)53(50(67)63(80-46)77-38-47-51(73-4)54(74-5)56(75-6)62(72)79-47)85-64-57(84-61(71)43-31-19-10-20-32-43)55(83-60(70)42-29-17-9-18-30-42)52(82-59(69)41-27-15-8-16-28-41)48(81-64)37-76-58(68)40-25-13-7-14-26-40/h7-36,46-57,62-64,66-67,72H,37-39H2,1-6H3/t46-,47-,48-,49-,50+,51-,52-,53+,54+,55+,56-,57+,62+,63+,64-/m1/s1. The lowest BCUT2D eigenvalue weighted by molar-refractivity contribution is -0.363. The average Bonchev–Trinajstić information content (AvgIpc) is 1.62. The molecule has 0 unspecified atom stereocenters. The van der Waals surface area contributed by atoms with Gasteiger partial charge < -0.3 is 76.6 Å². The Morgan fingerprint density at radius 2 is 0.826 bits per heavy atom. The molecule has 3 N–H and O–H groups in total. The van der Waals surface area contributed by atoms with Crippen LogP contribution >= 0.6 is 0 Å². The zero-order valence-corrected chi connectivity index (χ0v) is 49.4. The number of hydrogen-bond acceptors (Lipinski definition) is 20. The van der Waals surface area contributed by atoms with Crippen LogP contribution in [0.1, 0.15) is 62.2 Å². The van der Waals surface area contributed by atoms with Crippen LogP contribution in [0.4, 0.5) is 0 Å². The summed E-state index contributed by atoms with van der Waals surface area (Å²) in [4.78, 5) is 57.1. The van der Waals surface area contributed by atoms with Gasteiger partial charge in [-0.15, -0.1) is 0 Å². The Morgan fingerprint density at radius 3 is 1.28 bits per heavy atom. The van der Waals surface area contributed by atoms with Crippen LogP contribution in [0.3, 0.4) is 0 Å². The number of aliphatic hydroxyl groups is 3. The van der Waals surface area contributed by atoms with Gasteiger partial charge in [0, 0.05) is 21.3 Å². The van der Waals surface area contributed by atoms with Crippen molar-refractivity contribution in [1.29, 1.82) is 0 Å². The van der Waals surface area contributed by atoms with E-state index in [0.29, 0.717) is 0 Å². The fraction of sp³-hybridized carbons (Fsp3) is 0.385. The lowest BCUT2D eigenvalue weighted by Gasteiger charge is -2.49. The molecule has 9 rings (SSSR count). The molecule has 0 saturated carbocycles. The van der Waals surface area contributed by atoms with Gasteiger partial charge in [0.2, 0.25) is 0 Å². The highest BCUT2D eigenvalue weighted by Crippen LogP contribution is 2.39. The van der Waals surface area contributed by atoms with Crippen molar-refractivity contribution in [3.05, 3.63) is 204 Å². The number of aliphatic hydroxyl groups excluding tert-OH is 3. The van der Waals surface area contributed by atoms with E-state index in [4.69, 9.17) is 61.3 Å². The van der Waals surface area contributed by atoms with E-state index < -0.39 is 143 Å². The molecule has 0 spiro atoms. The first-order chi connectivity index (χ1) is 41.6. The minimum atomic E-state index is -3.41. The van der Waals surface area contributed by atoms with Crippen molar-refractivity contribution in [3.63, 3.8) is 0 Å². The molecular formula is C65H72O20Si. The lowest BCUT2D eigenvalue weighted by Crippen LogP contribution is -2.69. The van der Waals surface area contributed by atoms with Gasteiger partial charge in [-0.2, -0.15) is 0 Å². The number of carbonyl (C=O) groups is 4. The van der Waals surface area contributed by atoms with Crippen LogP contribution in [0.2, 0.25) is 5.04 Å². The molecule has 6 aromatic carbocycles. The van der Waals surface area contributed by atoms with Gasteiger partial charge in [-0.05, 0) is 63.9 Å². The Hall–Kier alpha value is -7.06. The largest absolute Gasteiger partial charge is 0.459 e. The molecule has 3 aliphatic heterocycles. The predicted molar refractivity (Wildman–Crippen MR) is 311 cm³/mol. The van der Waals surface area contributed by atoms with E-state index in [1.807, 2.05) is 60.7 Å². The molecule has 6 aromatic rings. The summed E-state index contributed by atoms with van der Waals surface area (Å²) in [5.41, 5.74) is 0.309. The molecule has 3 fully saturated rings. The molecule has 3 saturated heterocycles. The first-order valence-corrected chi connectivity index (χ1v) is 30.1. The number of esters is 4. The fourth-order valence-electron chi connectivity index (χ4n) is 11.1. The molecule has 3 aliphatic rings. The van der Waals surface area contributed by atoms with Crippen molar-refractivity contribution in [2.75, 3.05) is 41.2 Å². The van der Waals surface area contributed by atoms with Gasteiger partial charge in [-0.3, -0.25) is 0 Å². The molecular weight excluding hydrogens is 1130 g/mol. The summed E-state index contributed by atoms with van der Waals surface area (Å²) < 4.78 is 81.5. The van der Waals surface area contributed by atoms with Crippen LogP contribution in [0.25, 0.3) is 0 Å². The third-order valence-corrected chi connectivity index (χ3v) is 20.4. The van der Waals surface area contributed by atoms with Gasteiger partial charge in [0.25, 0.3) is 8.32 Å². The van der Waals surface area contributed by atoms with Crippen LogP contribution in [-0.4, -0.2) is 181 Å². The van der Waals surface area contributed by atoms with Crippen molar-refractivity contribution in [1.82, 2.24) is 0 Å². The van der Waals surface area contributed by atoms with Gasteiger partial charge in [-0.25, -0.2) is 19.2 Å². The van der Waals surface area contributed by atoms with Gasteiger partial charge in [0.15, 0.2) is 37.2 Å². The third-order valence-electron chi connectivity index (χ3n) is 15.4. The van der Waals surface area contributed by atoms with E-state index in [-0.39, 0.29) is 28.9 Å². The number of ether oxygens (including phenoxy) is 12. The molecule has 15 atom stereocenters. The molecule has 0 bridgehead atoms.